The second-order valence-corrected chi connectivity index (χ2v) is 3.33. The van der Waals surface area contributed by atoms with Gasteiger partial charge in [0, 0.05) is 12.1 Å². The van der Waals surface area contributed by atoms with E-state index in [1.54, 1.807) is 7.11 Å². The number of aromatic hydroxyl groups is 1. The summed E-state index contributed by atoms with van der Waals surface area (Å²) >= 11 is 0. The quantitative estimate of drug-likeness (QED) is 0.724. The lowest BCUT2D eigenvalue weighted by molar-refractivity contribution is 0.369. The Kier molecular flexibility index (Phi) is 4.18. The van der Waals surface area contributed by atoms with E-state index in [0.717, 1.165) is 17.5 Å². The molecule has 0 heterocycles. The van der Waals surface area contributed by atoms with Gasteiger partial charge < -0.3 is 15.2 Å². The van der Waals surface area contributed by atoms with Gasteiger partial charge >= 0.3 is 0 Å². The van der Waals surface area contributed by atoms with Crippen LogP contribution >= 0.6 is 0 Å². The lowest BCUT2D eigenvalue weighted by Crippen LogP contribution is -2.06. The van der Waals surface area contributed by atoms with Crippen molar-refractivity contribution in [1.29, 1.82) is 0 Å². The van der Waals surface area contributed by atoms with Gasteiger partial charge in [0.2, 0.25) is 0 Å². The van der Waals surface area contributed by atoms with Crippen LogP contribution in [0.25, 0.3) is 0 Å². The average molecular weight is 207 g/mol. The van der Waals surface area contributed by atoms with Crippen LogP contribution in [0.3, 0.4) is 0 Å². The molecule has 0 unspecified atom stereocenters. The predicted molar refractivity (Wildman–Crippen MR) is 61.3 cm³/mol. The monoisotopic (exact) mass is 207 g/mol. The highest BCUT2D eigenvalue weighted by Gasteiger charge is 2.09. The molecule has 2 N–H and O–H groups in total. The van der Waals surface area contributed by atoms with E-state index in [0.29, 0.717) is 12.3 Å². The summed E-state index contributed by atoms with van der Waals surface area (Å²) in [5.74, 6) is 0.722. The van der Waals surface area contributed by atoms with Crippen LogP contribution in [0.4, 0.5) is 0 Å². The minimum absolute atomic E-state index is 0.208. The zero-order chi connectivity index (χ0) is 11.3. The van der Waals surface area contributed by atoms with Crippen LogP contribution in [0.2, 0.25) is 0 Å². The van der Waals surface area contributed by atoms with Gasteiger partial charge in [0.1, 0.15) is 0 Å². The van der Waals surface area contributed by atoms with Crippen LogP contribution in [0.15, 0.2) is 24.8 Å². The molecule has 1 aromatic carbocycles. The number of hydrogen-bond acceptors (Lipinski definition) is 3. The molecule has 0 saturated heterocycles. The van der Waals surface area contributed by atoms with E-state index in [-0.39, 0.29) is 5.75 Å². The summed E-state index contributed by atoms with van der Waals surface area (Å²) in [5.41, 5.74) is 1.93. The number of methoxy groups -OCH3 is 1. The molecule has 0 spiro atoms. The molecular weight excluding hydrogens is 190 g/mol. The number of benzene rings is 1. The Hall–Kier alpha value is -1.48. The number of rotatable bonds is 5. The molecule has 3 heteroatoms. The maximum Gasteiger partial charge on any atom is 0.162 e. The molecule has 82 valence electrons. The lowest BCUT2D eigenvalue weighted by atomic mass is 10.1. The van der Waals surface area contributed by atoms with E-state index in [2.05, 4.69) is 11.9 Å². The van der Waals surface area contributed by atoms with Gasteiger partial charge in [0.05, 0.1) is 7.11 Å². The van der Waals surface area contributed by atoms with Gasteiger partial charge in [-0.25, -0.2) is 0 Å². The van der Waals surface area contributed by atoms with Gasteiger partial charge in [0.25, 0.3) is 0 Å². The summed E-state index contributed by atoms with van der Waals surface area (Å²) in [6, 6.07) is 3.78. The molecular formula is C12H17NO2. The smallest absolute Gasteiger partial charge is 0.162 e. The molecule has 0 aliphatic carbocycles. The van der Waals surface area contributed by atoms with Gasteiger partial charge in [-0.3, -0.25) is 0 Å². The summed E-state index contributed by atoms with van der Waals surface area (Å²) < 4.78 is 5.11. The average Bonchev–Trinajstić information content (AvgIpc) is 2.23. The summed E-state index contributed by atoms with van der Waals surface area (Å²) in [6.45, 7) is 4.31. The third-order valence-corrected chi connectivity index (χ3v) is 2.18. The van der Waals surface area contributed by atoms with E-state index in [4.69, 9.17) is 4.74 Å². The van der Waals surface area contributed by atoms with Crippen LogP contribution in [-0.2, 0) is 13.0 Å². The molecule has 1 rings (SSSR count). The van der Waals surface area contributed by atoms with E-state index in [1.165, 1.54) is 0 Å². The zero-order valence-electron chi connectivity index (χ0n) is 9.21. The van der Waals surface area contributed by atoms with Crippen molar-refractivity contribution in [2.75, 3.05) is 14.2 Å². The number of ether oxygens (including phenoxy) is 1. The highest BCUT2D eigenvalue weighted by Crippen LogP contribution is 2.31. The first-order chi connectivity index (χ1) is 7.22. The largest absolute Gasteiger partial charge is 0.504 e. The first-order valence-electron chi connectivity index (χ1n) is 4.87. The molecule has 1 aromatic rings. The van der Waals surface area contributed by atoms with Crippen molar-refractivity contribution >= 4 is 0 Å². The van der Waals surface area contributed by atoms with E-state index in [9.17, 15) is 5.11 Å². The normalized spacial score (nSPS) is 10.0. The van der Waals surface area contributed by atoms with Gasteiger partial charge in [-0.05, 0) is 25.1 Å². The van der Waals surface area contributed by atoms with Crippen LogP contribution in [0, 0.1) is 0 Å². The van der Waals surface area contributed by atoms with E-state index in [1.807, 2.05) is 25.3 Å². The lowest BCUT2D eigenvalue weighted by Gasteiger charge is -2.11. The summed E-state index contributed by atoms with van der Waals surface area (Å²) in [4.78, 5) is 0. The minimum Gasteiger partial charge on any atom is -0.504 e. The fraction of sp³-hybridized carbons (Fsp3) is 0.333. The molecule has 0 bridgehead atoms. The zero-order valence-corrected chi connectivity index (χ0v) is 9.21. The molecule has 3 nitrogen and oxygen atoms in total. The van der Waals surface area contributed by atoms with Crippen molar-refractivity contribution in [2.45, 2.75) is 13.0 Å². The van der Waals surface area contributed by atoms with Crippen molar-refractivity contribution in [3.63, 3.8) is 0 Å². The third kappa shape index (κ3) is 2.73. The number of allylic oxidation sites excluding steroid dienone is 1. The molecule has 0 fully saturated rings. The highest BCUT2D eigenvalue weighted by atomic mass is 16.5. The summed E-state index contributed by atoms with van der Waals surface area (Å²) in [6.07, 6.45) is 2.60. The van der Waals surface area contributed by atoms with E-state index < -0.39 is 0 Å². The van der Waals surface area contributed by atoms with Gasteiger partial charge in [-0.15, -0.1) is 6.58 Å². The molecule has 0 radical (unpaired) electrons. The predicted octanol–water partition coefficient (Wildman–Crippen LogP) is 1.85. The number of nitrogens with one attached hydrogen (secondary N) is 1. The molecule has 0 amide bonds. The van der Waals surface area contributed by atoms with Crippen molar-refractivity contribution in [2.24, 2.45) is 0 Å². The van der Waals surface area contributed by atoms with Crippen LogP contribution in [-0.4, -0.2) is 19.3 Å². The third-order valence-electron chi connectivity index (χ3n) is 2.18. The number of phenols is 1. The molecule has 0 aliphatic heterocycles. The second kappa shape index (κ2) is 5.41. The summed E-state index contributed by atoms with van der Waals surface area (Å²) in [7, 11) is 3.39. The maximum absolute atomic E-state index is 9.82. The molecule has 0 saturated carbocycles. The maximum atomic E-state index is 9.82. The van der Waals surface area contributed by atoms with Gasteiger partial charge in [-0.2, -0.15) is 0 Å². The molecule has 15 heavy (non-hydrogen) atoms. The van der Waals surface area contributed by atoms with Crippen LogP contribution in [0.1, 0.15) is 11.1 Å². The first-order valence-corrected chi connectivity index (χ1v) is 4.87. The van der Waals surface area contributed by atoms with Gasteiger partial charge in [-0.1, -0.05) is 12.1 Å². The number of hydrogen-bond donors (Lipinski definition) is 2. The fourth-order valence-electron chi connectivity index (χ4n) is 1.49. The molecule has 0 aliphatic rings. The highest BCUT2D eigenvalue weighted by molar-refractivity contribution is 5.48. The van der Waals surface area contributed by atoms with Crippen molar-refractivity contribution in [1.82, 2.24) is 5.32 Å². The molecule has 0 aromatic heterocycles. The van der Waals surface area contributed by atoms with E-state index >= 15 is 0 Å². The van der Waals surface area contributed by atoms with Crippen molar-refractivity contribution in [3.05, 3.63) is 35.9 Å². The standard InChI is InChI=1S/C12H17NO2/c1-4-5-9-6-10(8-13-2)12(14)11(7-9)15-3/h4,6-7,13-14H,1,5,8H2,2-3H3. The molecule has 0 atom stereocenters. The topological polar surface area (TPSA) is 41.5 Å². The SMILES string of the molecule is C=CCc1cc(CNC)c(O)c(OC)c1. The minimum atomic E-state index is 0.208. The second-order valence-electron chi connectivity index (χ2n) is 3.33. The van der Waals surface area contributed by atoms with Crippen molar-refractivity contribution < 1.29 is 9.84 Å². The Morgan fingerprint density at radius 1 is 1.53 bits per heavy atom. The Morgan fingerprint density at radius 2 is 2.27 bits per heavy atom. The van der Waals surface area contributed by atoms with Crippen LogP contribution < -0.4 is 10.1 Å². The fourth-order valence-corrected chi connectivity index (χ4v) is 1.49. The number of phenolic OH excluding ortho intramolecular Hbond substituents is 1. The Labute approximate surface area is 90.4 Å². The van der Waals surface area contributed by atoms with Crippen molar-refractivity contribution in [3.8, 4) is 11.5 Å². The summed E-state index contributed by atoms with van der Waals surface area (Å²) in [5, 5.41) is 12.8. The van der Waals surface area contributed by atoms with Crippen LogP contribution in [0.5, 0.6) is 11.5 Å². The first kappa shape index (κ1) is 11.6. The Balaban J connectivity index is 3.12. The Bertz CT molecular complexity index is 348. The Morgan fingerprint density at radius 3 is 2.80 bits per heavy atom. The van der Waals surface area contributed by atoms with Gasteiger partial charge in [0.15, 0.2) is 11.5 Å².